The molecule has 1 fully saturated rings. The number of anilines is 2. The van der Waals surface area contributed by atoms with Crippen molar-refractivity contribution in [2.45, 2.75) is 19.4 Å². The average Bonchev–Trinajstić information content (AvgIpc) is 2.77. The Morgan fingerprint density at radius 3 is 2.72 bits per heavy atom. The lowest BCUT2D eigenvalue weighted by Crippen LogP contribution is -2.33. The van der Waals surface area contributed by atoms with Gasteiger partial charge in [-0.05, 0) is 68.0 Å². The third-order valence-electron chi connectivity index (χ3n) is 5.67. The minimum Gasteiger partial charge on any atom is -0.496 e. The number of hydrogen-bond donors (Lipinski definition) is 2. The molecule has 152 valence electrons. The number of aromatic nitrogens is 2. The molecule has 1 saturated heterocycles. The van der Waals surface area contributed by atoms with E-state index in [0.717, 1.165) is 46.1 Å². The lowest BCUT2D eigenvalue weighted by atomic mass is 9.97. The van der Waals surface area contributed by atoms with Gasteiger partial charge in [-0.1, -0.05) is 6.07 Å². The van der Waals surface area contributed by atoms with Crippen molar-refractivity contribution >= 4 is 22.3 Å². The first-order chi connectivity index (χ1) is 14.2. The molecule has 0 aliphatic carbocycles. The summed E-state index contributed by atoms with van der Waals surface area (Å²) in [5.41, 5.74) is 2.16. The summed E-state index contributed by atoms with van der Waals surface area (Å²) in [7, 11) is 3.88. The van der Waals surface area contributed by atoms with Gasteiger partial charge in [-0.25, -0.2) is 4.98 Å². The lowest BCUT2D eigenvalue weighted by Gasteiger charge is -2.29. The molecule has 29 heavy (non-hydrogen) atoms. The third kappa shape index (κ3) is 4.95. The van der Waals surface area contributed by atoms with Gasteiger partial charge < -0.3 is 20.3 Å². The molecule has 0 amide bonds. The van der Waals surface area contributed by atoms with Gasteiger partial charge in [0.05, 0.1) is 7.11 Å². The maximum atomic E-state index is 5.52. The fraction of sp³-hybridized carbons (Fsp3) is 0.391. The molecule has 3 heterocycles. The van der Waals surface area contributed by atoms with Crippen LogP contribution in [0.4, 0.5) is 11.5 Å². The van der Waals surface area contributed by atoms with E-state index in [9.17, 15) is 0 Å². The standard InChI is InChI=1S/C23H29N5O/c1-28-9-6-17(7-10-28)13-26-23-4-3-18(15-27-23)14-25-20-11-19-5-8-24-16-21(19)22(12-20)29-2/h3-5,8,11-12,15-17,25H,6-7,9-10,13-14H2,1-2H3,(H,26,27). The molecule has 6 nitrogen and oxygen atoms in total. The fourth-order valence-corrected chi connectivity index (χ4v) is 3.79. The Kier molecular flexibility index (Phi) is 6.10. The number of fused-ring (bicyclic) bond motifs is 1. The molecule has 0 bridgehead atoms. The molecule has 2 aromatic heterocycles. The van der Waals surface area contributed by atoms with Crippen LogP contribution in [0, 0.1) is 5.92 Å². The highest BCUT2D eigenvalue weighted by Gasteiger charge is 2.16. The first-order valence-corrected chi connectivity index (χ1v) is 10.2. The molecular formula is C23H29N5O. The average molecular weight is 392 g/mol. The Bertz CT molecular complexity index is 936. The van der Waals surface area contributed by atoms with Crippen molar-refractivity contribution in [2.75, 3.05) is 44.4 Å². The van der Waals surface area contributed by atoms with Crippen LogP contribution < -0.4 is 15.4 Å². The van der Waals surface area contributed by atoms with Crippen LogP contribution in [0.1, 0.15) is 18.4 Å². The fourth-order valence-electron chi connectivity index (χ4n) is 3.79. The summed E-state index contributed by atoms with van der Waals surface area (Å²) in [5, 5.41) is 9.08. The van der Waals surface area contributed by atoms with Crippen molar-refractivity contribution < 1.29 is 4.74 Å². The molecule has 0 radical (unpaired) electrons. The van der Waals surface area contributed by atoms with Gasteiger partial charge in [-0.15, -0.1) is 0 Å². The second-order valence-corrected chi connectivity index (χ2v) is 7.81. The number of nitrogens with zero attached hydrogens (tertiary/aromatic N) is 3. The van der Waals surface area contributed by atoms with E-state index in [1.165, 1.54) is 25.9 Å². The van der Waals surface area contributed by atoms with Crippen LogP contribution in [0.25, 0.3) is 10.8 Å². The number of methoxy groups -OCH3 is 1. The van der Waals surface area contributed by atoms with Crippen LogP contribution in [-0.4, -0.2) is 48.7 Å². The normalized spacial score (nSPS) is 15.4. The Hall–Kier alpha value is -2.86. The zero-order valence-electron chi connectivity index (χ0n) is 17.2. The van der Waals surface area contributed by atoms with Crippen molar-refractivity contribution in [1.29, 1.82) is 0 Å². The van der Waals surface area contributed by atoms with Gasteiger partial charge in [-0.2, -0.15) is 0 Å². The van der Waals surface area contributed by atoms with E-state index in [1.54, 1.807) is 13.3 Å². The number of piperidine rings is 1. The maximum absolute atomic E-state index is 5.52. The van der Waals surface area contributed by atoms with Gasteiger partial charge >= 0.3 is 0 Å². The highest BCUT2D eigenvalue weighted by atomic mass is 16.5. The third-order valence-corrected chi connectivity index (χ3v) is 5.67. The minimum absolute atomic E-state index is 0.710. The van der Waals surface area contributed by atoms with E-state index in [-0.39, 0.29) is 0 Å². The largest absolute Gasteiger partial charge is 0.496 e. The van der Waals surface area contributed by atoms with Gasteiger partial charge in [0.25, 0.3) is 0 Å². The zero-order chi connectivity index (χ0) is 20.1. The summed E-state index contributed by atoms with van der Waals surface area (Å²) in [5.74, 6) is 2.52. The molecular weight excluding hydrogens is 362 g/mol. The first-order valence-electron chi connectivity index (χ1n) is 10.2. The molecule has 1 aromatic carbocycles. The molecule has 0 atom stereocenters. The molecule has 6 heteroatoms. The van der Waals surface area contributed by atoms with Gasteiger partial charge in [0, 0.05) is 48.8 Å². The summed E-state index contributed by atoms with van der Waals surface area (Å²) in [4.78, 5) is 11.2. The second-order valence-electron chi connectivity index (χ2n) is 7.81. The first kappa shape index (κ1) is 19.5. The Balaban J connectivity index is 1.33. The van der Waals surface area contributed by atoms with Crippen LogP contribution in [0.3, 0.4) is 0 Å². The summed E-state index contributed by atoms with van der Waals surface area (Å²) in [6, 6.07) is 10.3. The Labute approximate surface area is 172 Å². The summed E-state index contributed by atoms with van der Waals surface area (Å²) in [6.45, 7) is 4.10. The SMILES string of the molecule is COc1cc(NCc2ccc(NCC3CCN(C)CC3)nc2)cc2ccncc12. The van der Waals surface area contributed by atoms with Crippen LogP contribution in [0.2, 0.25) is 0 Å². The summed E-state index contributed by atoms with van der Waals surface area (Å²) in [6.07, 6.45) is 8.09. The molecule has 2 N–H and O–H groups in total. The number of ether oxygens (including phenoxy) is 1. The second kappa shape index (κ2) is 9.09. The van der Waals surface area contributed by atoms with Gasteiger partial charge in [-0.3, -0.25) is 4.98 Å². The van der Waals surface area contributed by atoms with Gasteiger partial charge in [0.1, 0.15) is 11.6 Å². The van der Waals surface area contributed by atoms with E-state index < -0.39 is 0 Å². The number of likely N-dealkylation sites (tertiary alicyclic amines) is 1. The van der Waals surface area contributed by atoms with E-state index >= 15 is 0 Å². The molecule has 4 rings (SSSR count). The molecule has 0 spiro atoms. The van der Waals surface area contributed by atoms with E-state index in [4.69, 9.17) is 4.74 Å². The van der Waals surface area contributed by atoms with E-state index in [2.05, 4.69) is 50.7 Å². The molecule has 3 aromatic rings. The highest BCUT2D eigenvalue weighted by Crippen LogP contribution is 2.29. The summed E-state index contributed by atoms with van der Waals surface area (Å²) >= 11 is 0. The van der Waals surface area contributed by atoms with Crippen molar-refractivity contribution in [1.82, 2.24) is 14.9 Å². The predicted octanol–water partition coefficient (Wildman–Crippen LogP) is 4.00. The van der Waals surface area contributed by atoms with Crippen LogP contribution in [0.5, 0.6) is 5.75 Å². The van der Waals surface area contributed by atoms with Crippen molar-refractivity contribution in [3.63, 3.8) is 0 Å². The van der Waals surface area contributed by atoms with E-state index in [1.807, 2.05) is 24.5 Å². The predicted molar refractivity (Wildman–Crippen MR) is 119 cm³/mol. The van der Waals surface area contributed by atoms with Gasteiger partial charge in [0.15, 0.2) is 0 Å². The quantitative estimate of drug-likeness (QED) is 0.635. The van der Waals surface area contributed by atoms with Crippen LogP contribution in [0.15, 0.2) is 48.9 Å². The van der Waals surface area contributed by atoms with Crippen LogP contribution in [-0.2, 0) is 6.54 Å². The maximum Gasteiger partial charge on any atom is 0.130 e. The van der Waals surface area contributed by atoms with E-state index in [0.29, 0.717) is 6.54 Å². The minimum atomic E-state index is 0.710. The lowest BCUT2D eigenvalue weighted by molar-refractivity contribution is 0.226. The zero-order valence-corrected chi connectivity index (χ0v) is 17.2. The Morgan fingerprint density at radius 2 is 1.97 bits per heavy atom. The van der Waals surface area contributed by atoms with Crippen LogP contribution >= 0.6 is 0 Å². The summed E-state index contributed by atoms with van der Waals surface area (Å²) < 4.78 is 5.52. The molecule has 0 unspecified atom stereocenters. The number of pyridine rings is 2. The number of rotatable bonds is 7. The topological polar surface area (TPSA) is 62.3 Å². The smallest absolute Gasteiger partial charge is 0.130 e. The monoisotopic (exact) mass is 391 g/mol. The Morgan fingerprint density at radius 1 is 1.10 bits per heavy atom. The number of benzene rings is 1. The molecule has 1 aliphatic rings. The van der Waals surface area contributed by atoms with Crippen molar-refractivity contribution in [2.24, 2.45) is 5.92 Å². The number of nitrogens with one attached hydrogen (secondary N) is 2. The number of hydrogen-bond acceptors (Lipinski definition) is 6. The van der Waals surface area contributed by atoms with Crippen molar-refractivity contribution in [3.8, 4) is 5.75 Å². The van der Waals surface area contributed by atoms with Gasteiger partial charge in [0.2, 0.25) is 0 Å². The van der Waals surface area contributed by atoms with Crippen molar-refractivity contribution in [3.05, 3.63) is 54.5 Å². The molecule has 0 saturated carbocycles. The highest BCUT2D eigenvalue weighted by molar-refractivity contribution is 5.90. The molecule has 1 aliphatic heterocycles.